The Bertz CT molecular complexity index is 853. The Balaban J connectivity index is 1.51. The highest BCUT2D eigenvalue weighted by Gasteiger charge is 2.29. The van der Waals surface area contributed by atoms with Crippen LogP contribution in [0.25, 0.3) is 0 Å². The molecule has 1 saturated carbocycles. The van der Waals surface area contributed by atoms with Gasteiger partial charge in [0.15, 0.2) is 6.61 Å². The van der Waals surface area contributed by atoms with Crippen LogP contribution in [0, 0.1) is 5.92 Å². The predicted octanol–water partition coefficient (Wildman–Crippen LogP) is 4.60. The summed E-state index contributed by atoms with van der Waals surface area (Å²) < 4.78 is 5.54. The van der Waals surface area contributed by atoms with E-state index in [1.54, 1.807) is 36.4 Å². The number of hydrogen-bond donors (Lipinski definition) is 2. The first-order chi connectivity index (χ1) is 12.9. The van der Waals surface area contributed by atoms with E-state index in [-0.39, 0.29) is 30.4 Å². The fourth-order valence-electron chi connectivity index (χ4n) is 2.55. The van der Waals surface area contributed by atoms with Crippen molar-refractivity contribution in [2.75, 3.05) is 11.9 Å². The standard InChI is InChI=1S/C20H20Cl2N2O3/c1-12(14-7-8-17(21)18(22)9-14)23-19(25)11-27-16-4-2-3-15(10-16)24-20(26)13-5-6-13/h2-4,7-10,12-13H,5-6,11H2,1H3,(H,23,25)(H,24,26)/t12-/m0/s1. The highest BCUT2D eigenvalue weighted by molar-refractivity contribution is 6.42. The number of benzene rings is 2. The minimum absolute atomic E-state index is 0.0281. The molecule has 5 nitrogen and oxygen atoms in total. The molecule has 0 heterocycles. The molecule has 0 aliphatic heterocycles. The lowest BCUT2D eigenvalue weighted by Crippen LogP contribution is -2.31. The summed E-state index contributed by atoms with van der Waals surface area (Å²) in [5, 5.41) is 6.61. The SMILES string of the molecule is C[C@H](NC(=O)COc1cccc(NC(=O)C2CC2)c1)c1ccc(Cl)c(Cl)c1. The molecule has 0 bridgehead atoms. The Morgan fingerprint density at radius 1 is 1.15 bits per heavy atom. The molecule has 27 heavy (non-hydrogen) atoms. The van der Waals surface area contributed by atoms with Gasteiger partial charge in [0, 0.05) is 17.7 Å². The van der Waals surface area contributed by atoms with E-state index in [1.165, 1.54) is 0 Å². The number of carbonyl (C=O) groups is 2. The van der Waals surface area contributed by atoms with Crippen molar-refractivity contribution < 1.29 is 14.3 Å². The van der Waals surface area contributed by atoms with E-state index in [4.69, 9.17) is 27.9 Å². The van der Waals surface area contributed by atoms with Crippen LogP contribution < -0.4 is 15.4 Å². The number of nitrogens with one attached hydrogen (secondary N) is 2. The number of carbonyl (C=O) groups excluding carboxylic acids is 2. The first-order valence-corrected chi connectivity index (χ1v) is 9.46. The maximum absolute atomic E-state index is 12.1. The smallest absolute Gasteiger partial charge is 0.258 e. The van der Waals surface area contributed by atoms with Crippen LogP contribution in [-0.4, -0.2) is 18.4 Å². The third-order valence-corrected chi connectivity index (χ3v) is 4.98. The van der Waals surface area contributed by atoms with Gasteiger partial charge in [0.1, 0.15) is 5.75 Å². The molecular weight excluding hydrogens is 387 g/mol. The normalized spacial score (nSPS) is 14.3. The Hall–Kier alpha value is -2.24. The molecule has 2 aromatic carbocycles. The van der Waals surface area contributed by atoms with Gasteiger partial charge >= 0.3 is 0 Å². The van der Waals surface area contributed by atoms with Crippen molar-refractivity contribution in [2.45, 2.75) is 25.8 Å². The predicted molar refractivity (Wildman–Crippen MR) is 106 cm³/mol. The van der Waals surface area contributed by atoms with Gasteiger partial charge in [0.05, 0.1) is 16.1 Å². The van der Waals surface area contributed by atoms with Gasteiger partial charge in [-0.2, -0.15) is 0 Å². The van der Waals surface area contributed by atoms with Crippen molar-refractivity contribution in [3.05, 3.63) is 58.1 Å². The summed E-state index contributed by atoms with van der Waals surface area (Å²) in [7, 11) is 0. The van der Waals surface area contributed by atoms with Crippen molar-refractivity contribution >= 4 is 40.7 Å². The molecule has 2 amide bonds. The zero-order valence-electron chi connectivity index (χ0n) is 14.8. The molecule has 2 N–H and O–H groups in total. The molecular formula is C20H20Cl2N2O3. The first kappa shape index (κ1) is 19.5. The zero-order valence-corrected chi connectivity index (χ0v) is 16.3. The van der Waals surface area contributed by atoms with Crippen LogP contribution in [0.3, 0.4) is 0 Å². The number of halogens is 2. The molecule has 3 rings (SSSR count). The van der Waals surface area contributed by atoms with E-state index >= 15 is 0 Å². The molecule has 0 radical (unpaired) electrons. The molecule has 1 aliphatic carbocycles. The Morgan fingerprint density at radius 3 is 2.63 bits per heavy atom. The van der Waals surface area contributed by atoms with Crippen molar-refractivity contribution in [2.24, 2.45) is 5.92 Å². The maximum atomic E-state index is 12.1. The third kappa shape index (κ3) is 5.62. The van der Waals surface area contributed by atoms with Gasteiger partial charge in [0.25, 0.3) is 5.91 Å². The molecule has 0 aromatic heterocycles. The van der Waals surface area contributed by atoms with Crippen LogP contribution >= 0.6 is 23.2 Å². The van der Waals surface area contributed by atoms with Gasteiger partial charge in [-0.15, -0.1) is 0 Å². The lowest BCUT2D eigenvalue weighted by molar-refractivity contribution is -0.123. The van der Waals surface area contributed by atoms with Crippen LogP contribution in [0.1, 0.15) is 31.4 Å². The van der Waals surface area contributed by atoms with Gasteiger partial charge in [-0.05, 0) is 49.6 Å². The van der Waals surface area contributed by atoms with Crippen LogP contribution in [0.5, 0.6) is 5.75 Å². The second-order valence-electron chi connectivity index (χ2n) is 6.54. The average Bonchev–Trinajstić information content (AvgIpc) is 3.48. The molecule has 0 unspecified atom stereocenters. The Morgan fingerprint density at radius 2 is 1.93 bits per heavy atom. The maximum Gasteiger partial charge on any atom is 0.258 e. The zero-order chi connectivity index (χ0) is 19.4. The van der Waals surface area contributed by atoms with Gasteiger partial charge in [-0.25, -0.2) is 0 Å². The van der Waals surface area contributed by atoms with Gasteiger partial charge in [0.2, 0.25) is 5.91 Å². The summed E-state index contributed by atoms with van der Waals surface area (Å²) in [4.78, 5) is 24.0. The van der Waals surface area contributed by atoms with E-state index in [0.717, 1.165) is 18.4 Å². The van der Waals surface area contributed by atoms with Crippen LogP contribution in [-0.2, 0) is 9.59 Å². The number of anilines is 1. The lowest BCUT2D eigenvalue weighted by atomic mass is 10.1. The molecule has 1 atom stereocenters. The summed E-state index contributed by atoms with van der Waals surface area (Å²) in [6, 6.07) is 12.0. The fourth-order valence-corrected chi connectivity index (χ4v) is 2.86. The molecule has 0 spiro atoms. The highest BCUT2D eigenvalue weighted by atomic mass is 35.5. The number of amides is 2. The fraction of sp³-hybridized carbons (Fsp3) is 0.300. The molecule has 1 aliphatic rings. The molecule has 1 fully saturated rings. The number of hydrogen-bond acceptors (Lipinski definition) is 3. The topological polar surface area (TPSA) is 67.4 Å². The lowest BCUT2D eigenvalue weighted by Gasteiger charge is -2.15. The highest BCUT2D eigenvalue weighted by Crippen LogP contribution is 2.30. The molecule has 2 aromatic rings. The monoisotopic (exact) mass is 406 g/mol. The second-order valence-corrected chi connectivity index (χ2v) is 7.36. The number of ether oxygens (including phenoxy) is 1. The van der Waals surface area contributed by atoms with Crippen LogP contribution in [0.4, 0.5) is 5.69 Å². The summed E-state index contributed by atoms with van der Waals surface area (Å²) >= 11 is 11.9. The summed E-state index contributed by atoms with van der Waals surface area (Å²) in [5.74, 6) is 0.408. The van der Waals surface area contributed by atoms with Crippen molar-refractivity contribution in [3.63, 3.8) is 0 Å². The van der Waals surface area contributed by atoms with E-state index in [2.05, 4.69) is 10.6 Å². The van der Waals surface area contributed by atoms with Crippen molar-refractivity contribution in [1.82, 2.24) is 5.32 Å². The van der Waals surface area contributed by atoms with Gasteiger partial charge in [-0.3, -0.25) is 9.59 Å². The van der Waals surface area contributed by atoms with Crippen molar-refractivity contribution in [1.29, 1.82) is 0 Å². The minimum Gasteiger partial charge on any atom is -0.484 e. The summed E-state index contributed by atoms with van der Waals surface area (Å²) in [6.07, 6.45) is 1.89. The minimum atomic E-state index is -0.263. The van der Waals surface area contributed by atoms with Crippen molar-refractivity contribution in [3.8, 4) is 5.75 Å². The third-order valence-electron chi connectivity index (χ3n) is 4.24. The van der Waals surface area contributed by atoms with E-state index in [0.29, 0.717) is 21.5 Å². The van der Waals surface area contributed by atoms with E-state index in [9.17, 15) is 9.59 Å². The van der Waals surface area contributed by atoms with E-state index in [1.807, 2.05) is 13.0 Å². The van der Waals surface area contributed by atoms with Crippen LogP contribution in [0.15, 0.2) is 42.5 Å². The molecule has 142 valence electrons. The first-order valence-electron chi connectivity index (χ1n) is 8.70. The quantitative estimate of drug-likeness (QED) is 0.705. The Labute approximate surface area is 168 Å². The van der Waals surface area contributed by atoms with Gasteiger partial charge < -0.3 is 15.4 Å². The molecule has 7 heteroatoms. The van der Waals surface area contributed by atoms with Gasteiger partial charge in [-0.1, -0.05) is 35.3 Å². The van der Waals surface area contributed by atoms with E-state index < -0.39 is 0 Å². The largest absolute Gasteiger partial charge is 0.484 e. The molecule has 0 saturated heterocycles. The Kier molecular flexibility index (Phi) is 6.24. The summed E-state index contributed by atoms with van der Waals surface area (Å²) in [6.45, 7) is 1.72. The average molecular weight is 407 g/mol. The number of rotatable bonds is 7. The van der Waals surface area contributed by atoms with Crippen LogP contribution in [0.2, 0.25) is 10.0 Å². The second kappa shape index (κ2) is 8.63. The summed E-state index contributed by atoms with van der Waals surface area (Å²) in [5.41, 5.74) is 1.51.